The number of nitrogens with zero attached hydrogens (tertiary/aromatic N) is 2. The van der Waals surface area contributed by atoms with Gasteiger partial charge in [-0.25, -0.2) is 9.79 Å². The summed E-state index contributed by atoms with van der Waals surface area (Å²) in [6, 6.07) is 17.0. The van der Waals surface area contributed by atoms with Crippen molar-refractivity contribution in [1.82, 2.24) is 0 Å². The maximum atomic E-state index is 12.4. The first-order valence-corrected chi connectivity index (χ1v) is 11.1. The standard InChI is InChI=1S/C26H21ClN2O6/c1-3-33-23-13-18(11-21(27)24(23)34-15-17-9-7-16(2)8-10-17)12-22-26(30)35-25(28-22)19-5-4-6-20(14-19)29(31)32/h4-14H,3,15H2,1-2H3/b22-12-. The molecule has 0 saturated carbocycles. The molecule has 0 unspecified atom stereocenters. The third-order valence-electron chi connectivity index (χ3n) is 5.06. The van der Waals surface area contributed by atoms with Crippen molar-refractivity contribution in [3.05, 3.63) is 104 Å². The number of halogens is 1. The van der Waals surface area contributed by atoms with Gasteiger partial charge in [-0.2, -0.15) is 0 Å². The van der Waals surface area contributed by atoms with Gasteiger partial charge in [0.2, 0.25) is 5.90 Å². The quantitative estimate of drug-likeness (QED) is 0.168. The van der Waals surface area contributed by atoms with Crippen molar-refractivity contribution in [2.24, 2.45) is 4.99 Å². The zero-order valence-corrected chi connectivity index (χ0v) is 19.7. The second-order valence-corrected chi connectivity index (χ2v) is 8.09. The summed E-state index contributed by atoms with van der Waals surface area (Å²) < 4.78 is 16.9. The van der Waals surface area contributed by atoms with Crippen LogP contribution >= 0.6 is 11.6 Å². The van der Waals surface area contributed by atoms with Gasteiger partial charge >= 0.3 is 5.97 Å². The van der Waals surface area contributed by atoms with Crippen LogP contribution in [0, 0.1) is 17.0 Å². The molecule has 1 aliphatic rings. The van der Waals surface area contributed by atoms with Gasteiger partial charge < -0.3 is 14.2 Å². The van der Waals surface area contributed by atoms with Crippen LogP contribution < -0.4 is 9.47 Å². The topological polar surface area (TPSA) is 100 Å². The van der Waals surface area contributed by atoms with Crippen LogP contribution in [-0.2, 0) is 16.1 Å². The van der Waals surface area contributed by atoms with Crippen LogP contribution in [0.25, 0.3) is 6.08 Å². The highest BCUT2D eigenvalue weighted by molar-refractivity contribution is 6.32. The number of rotatable bonds is 8. The van der Waals surface area contributed by atoms with E-state index >= 15 is 0 Å². The van der Waals surface area contributed by atoms with Crippen molar-refractivity contribution in [3.63, 3.8) is 0 Å². The second kappa shape index (κ2) is 10.4. The first-order chi connectivity index (χ1) is 16.8. The molecule has 0 amide bonds. The average Bonchev–Trinajstić information content (AvgIpc) is 3.20. The number of hydrogen-bond acceptors (Lipinski definition) is 7. The molecule has 0 aromatic heterocycles. The van der Waals surface area contributed by atoms with Gasteiger partial charge in [-0.15, -0.1) is 0 Å². The molecule has 0 radical (unpaired) electrons. The first-order valence-electron chi connectivity index (χ1n) is 10.8. The van der Waals surface area contributed by atoms with E-state index in [0.29, 0.717) is 40.9 Å². The maximum Gasteiger partial charge on any atom is 0.363 e. The van der Waals surface area contributed by atoms with E-state index in [1.807, 2.05) is 38.1 Å². The number of esters is 1. The van der Waals surface area contributed by atoms with Gasteiger partial charge in [0.05, 0.1) is 16.6 Å². The van der Waals surface area contributed by atoms with Crippen LogP contribution in [0.15, 0.2) is 71.4 Å². The molecule has 1 heterocycles. The minimum Gasteiger partial charge on any atom is -0.490 e. The van der Waals surface area contributed by atoms with Crippen molar-refractivity contribution >= 4 is 35.2 Å². The zero-order valence-electron chi connectivity index (χ0n) is 19.0. The number of carbonyl (C=O) groups is 1. The van der Waals surface area contributed by atoms with Crippen LogP contribution in [-0.4, -0.2) is 23.4 Å². The normalized spacial score (nSPS) is 14.0. The van der Waals surface area contributed by atoms with Crippen molar-refractivity contribution in [1.29, 1.82) is 0 Å². The SMILES string of the molecule is CCOc1cc(/C=C2\N=C(c3cccc([N+](=O)[O-])c3)OC2=O)cc(Cl)c1OCc1ccc(C)cc1. The molecule has 8 nitrogen and oxygen atoms in total. The van der Waals surface area contributed by atoms with E-state index in [2.05, 4.69) is 4.99 Å². The van der Waals surface area contributed by atoms with Gasteiger partial charge in [0.15, 0.2) is 17.2 Å². The molecule has 0 N–H and O–H groups in total. The molecule has 9 heteroatoms. The Labute approximate surface area is 206 Å². The van der Waals surface area contributed by atoms with E-state index in [4.69, 9.17) is 25.8 Å². The molecular weight excluding hydrogens is 472 g/mol. The third kappa shape index (κ3) is 5.67. The number of ether oxygens (including phenoxy) is 3. The number of carbonyl (C=O) groups excluding carboxylic acids is 1. The Morgan fingerprint density at radius 3 is 2.60 bits per heavy atom. The zero-order chi connectivity index (χ0) is 24.9. The fourth-order valence-corrected chi connectivity index (χ4v) is 3.63. The number of non-ortho nitro benzene ring substituents is 1. The summed E-state index contributed by atoms with van der Waals surface area (Å²) >= 11 is 6.51. The molecule has 1 aliphatic heterocycles. The van der Waals surface area contributed by atoms with Crippen LogP contribution in [0.4, 0.5) is 5.69 Å². The van der Waals surface area contributed by atoms with Crippen molar-refractivity contribution < 1.29 is 23.9 Å². The Bertz CT molecular complexity index is 1350. The first kappa shape index (κ1) is 24.0. The van der Waals surface area contributed by atoms with Gasteiger partial charge in [-0.1, -0.05) is 47.5 Å². The predicted octanol–water partition coefficient (Wildman–Crippen LogP) is 5.88. The van der Waals surface area contributed by atoms with E-state index in [-0.39, 0.29) is 17.3 Å². The minimum absolute atomic E-state index is 0.0147. The summed E-state index contributed by atoms with van der Waals surface area (Å²) in [5, 5.41) is 11.3. The lowest BCUT2D eigenvalue weighted by Crippen LogP contribution is -2.05. The van der Waals surface area contributed by atoms with E-state index in [1.54, 1.807) is 18.2 Å². The lowest BCUT2D eigenvalue weighted by atomic mass is 10.1. The molecule has 0 aliphatic carbocycles. The summed E-state index contributed by atoms with van der Waals surface area (Å²) in [7, 11) is 0. The molecule has 178 valence electrons. The van der Waals surface area contributed by atoms with E-state index in [1.165, 1.54) is 24.3 Å². The molecule has 3 aromatic rings. The van der Waals surface area contributed by atoms with Crippen LogP contribution in [0.1, 0.15) is 29.2 Å². The Morgan fingerprint density at radius 1 is 1.11 bits per heavy atom. The Hall–Kier alpha value is -4.17. The molecule has 0 spiro atoms. The highest BCUT2D eigenvalue weighted by atomic mass is 35.5. The van der Waals surface area contributed by atoms with Gasteiger partial charge in [-0.05, 0) is 49.2 Å². The fraction of sp³-hybridized carbons (Fsp3) is 0.154. The van der Waals surface area contributed by atoms with Crippen molar-refractivity contribution in [3.8, 4) is 11.5 Å². The predicted molar refractivity (Wildman–Crippen MR) is 132 cm³/mol. The Balaban J connectivity index is 1.61. The highest BCUT2D eigenvalue weighted by Gasteiger charge is 2.25. The van der Waals surface area contributed by atoms with E-state index in [0.717, 1.165) is 11.1 Å². The van der Waals surface area contributed by atoms with Gasteiger partial charge in [0.1, 0.15) is 6.61 Å². The largest absolute Gasteiger partial charge is 0.490 e. The van der Waals surface area contributed by atoms with Crippen LogP contribution in [0.5, 0.6) is 11.5 Å². The highest BCUT2D eigenvalue weighted by Crippen LogP contribution is 2.38. The Kier molecular flexibility index (Phi) is 7.12. The molecule has 4 rings (SSSR count). The molecule has 3 aromatic carbocycles. The summed E-state index contributed by atoms with van der Waals surface area (Å²) in [6.45, 7) is 4.55. The molecule has 0 bridgehead atoms. The Morgan fingerprint density at radius 2 is 1.89 bits per heavy atom. The van der Waals surface area contributed by atoms with E-state index < -0.39 is 10.9 Å². The monoisotopic (exact) mass is 492 g/mol. The maximum absolute atomic E-state index is 12.4. The molecule has 0 saturated heterocycles. The summed E-state index contributed by atoms with van der Waals surface area (Å²) in [5.74, 6) is 0.124. The smallest absolute Gasteiger partial charge is 0.363 e. The molecule has 35 heavy (non-hydrogen) atoms. The van der Waals surface area contributed by atoms with Crippen molar-refractivity contribution in [2.75, 3.05) is 6.61 Å². The number of nitro benzene ring substituents is 1. The van der Waals surface area contributed by atoms with Crippen LogP contribution in [0.3, 0.4) is 0 Å². The number of aliphatic imine (C=N–C) groups is 1. The average molecular weight is 493 g/mol. The van der Waals surface area contributed by atoms with Gasteiger partial charge in [0, 0.05) is 17.7 Å². The van der Waals surface area contributed by atoms with E-state index in [9.17, 15) is 14.9 Å². The lowest BCUT2D eigenvalue weighted by molar-refractivity contribution is -0.384. The number of nitro groups is 1. The molecule has 0 fully saturated rings. The fourth-order valence-electron chi connectivity index (χ4n) is 3.36. The van der Waals surface area contributed by atoms with Crippen LogP contribution in [0.2, 0.25) is 5.02 Å². The van der Waals surface area contributed by atoms with Crippen molar-refractivity contribution in [2.45, 2.75) is 20.5 Å². The number of cyclic esters (lactones) is 1. The molecule has 0 atom stereocenters. The van der Waals surface area contributed by atoms with Gasteiger partial charge in [-0.3, -0.25) is 10.1 Å². The molecular formula is C26H21ClN2O6. The summed E-state index contributed by atoms with van der Waals surface area (Å²) in [6.07, 6.45) is 1.50. The lowest BCUT2D eigenvalue weighted by Gasteiger charge is -2.14. The summed E-state index contributed by atoms with van der Waals surface area (Å²) in [4.78, 5) is 27.1. The number of hydrogen-bond donors (Lipinski definition) is 0. The summed E-state index contributed by atoms with van der Waals surface area (Å²) in [5.41, 5.74) is 2.91. The minimum atomic E-state index is -0.680. The van der Waals surface area contributed by atoms with Gasteiger partial charge in [0.25, 0.3) is 5.69 Å². The number of aryl methyl sites for hydroxylation is 1. The second-order valence-electron chi connectivity index (χ2n) is 7.68. The number of benzene rings is 3. The third-order valence-corrected chi connectivity index (χ3v) is 5.34.